The fraction of sp³-hybridized carbons (Fsp3) is 0.688. The van der Waals surface area contributed by atoms with Gasteiger partial charge in [-0.05, 0) is 40.5 Å². The van der Waals surface area contributed by atoms with E-state index in [1.807, 2.05) is 27.7 Å². The van der Waals surface area contributed by atoms with Crippen LogP contribution in [0.5, 0.6) is 0 Å². The number of ether oxygens (including phenoxy) is 1. The number of amides is 2. The van der Waals surface area contributed by atoms with E-state index in [-0.39, 0.29) is 5.97 Å². The van der Waals surface area contributed by atoms with Crippen molar-refractivity contribution in [2.45, 2.75) is 64.5 Å². The lowest BCUT2D eigenvalue weighted by Crippen LogP contribution is -2.55. The number of nitrogens with one attached hydrogen (secondary N) is 2. The molecule has 0 atom stereocenters. The highest BCUT2D eigenvalue weighted by atomic mass is 16.6. The Balaban J connectivity index is 2.08. The van der Waals surface area contributed by atoms with Crippen molar-refractivity contribution in [3.05, 3.63) is 11.8 Å². The molecule has 1 aliphatic carbocycles. The van der Waals surface area contributed by atoms with Gasteiger partial charge >= 0.3 is 12.0 Å². The van der Waals surface area contributed by atoms with E-state index in [0.717, 1.165) is 18.5 Å². The zero-order valence-electron chi connectivity index (χ0n) is 14.5. The number of carbonyl (C=O) groups is 2. The fourth-order valence-corrected chi connectivity index (χ4v) is 2.83. The molecule has 1 heterocycles. The van der Waals surface area contributed by atoms with Crippen LogP contribution in [-0.4, -0.2) is 32.9 Å². The van der Waals surface area contributed by atoms with Crippen molar-refractivity contribution in [2.24, 2.45) is 7.05 Å². The summed E-state index contributed by atoms with van der Waals surface area (Å²) in [6.45, 7) is 7.33. The predicted octanol–water partition coefficient (Wildman–Crippen LogP) is 2.50. The standard InChI is InChI=1S/C16H26N4O3/c1-11-10-12(20(5)19-11)17-14(22)18-16(8-6-7-9-16)13(21)23-15(2,3)4/h10H,6-9H2,1-5H3,(H2,17,18,22). The minimum absolute atomic E-state index is 0.362. The van der Waals surface area contributed by atoms with Crippen molar-refractivity contribution in [1.29, 1.82) is 0 Å². The Labute approximate surface area is 136 Å². The van der Waals surface area contributed by atoms with Gasteiger partial charge in [0.2, 0.25) is 0 Å². The maximum absolute atomic E-state index is 12.6. The molecule has 2 amide bonds. The molecule has 0 aliphatic heterocycles. The number of aromatic nitrogens is 2. The summed E-state index contributed by atoms with van der Waals surface area (Å²) >= 11 is 0. The van der Waals surface area contributed by atoms with Crippen molar-refractivity contribution < 1.29 is 14.3 Å². The third-order valence-electron chi connectivity index (χ3n) is 3.84. The average molecular weight is 322 g/mol. The van der Waals surface area contributed by atoms with Crippen molar-refractivity contribution >= 4 is 17.8 Å². The van der Waals surface area contributed by atoms with Gasteiger partial charge in [0.1, 0.15) is 17.0 Å². The Kier molecular flexibility index (Phi) is 4.68. The summed E-state index contributed by atoms with van der Waals surface area (Å²) in [5.41, 5.74) is -0.708. The molecule has 0 radical (unpaired) electrons. The molecule has 0 bridgehead atoms. The lowest BCUT2D eigenvalue weighted by Gasteiger charge is -2.31. The molecule has 128 valence electrons. The van der Waals surface area contributed by atoms with Gasteiger partial charge in [-0.2, -0.15) is 5.10 Å². The maximum Gasteiger partial charge on any atom is 0.332 e. The van der Waals surface area contributed by atoms with E-state index in [9.17, 15) is 9.59 Å². The van der Waals surface area contributed by atoms with Crippen LogP contribution in [0.2, 0.25) is 0 Å². The monoisotopic (exact) mass is 322 g/mol. The SMILES string of the molecule is Cc1cc(NC(=O)NC2(C(=O)OC(C)(C)C)CCCC2)n(C)n1. The van der Waals surface area contributed by atoms with Crippen LogP contribution in [0.4, 0.5) is 10.6 Å². The molecule has 23 heavy (non-hydrogen) atoms. The van der Waals surface area contributed by atoms with Crippen molar-refractivity contribution in [1.82, 2.24) is 15.1 Å². The van der Waals surface area contributed by atoms with Crippen LogP contribution in [-0.2, 0) is 16.6 Å². The normalized spacial score (nSPS) is 16.9. The molecular weight excluding hydrogens is 296 g/mol. The zero-order chi connectivity index (χ0) is 17.3. The maximum atomic E-state index is 12.6. The lowest BCUT2D eigenvalue weighted by atomic mass is 9.97. The van der Waals surface area contributed by atoms with Crippen molar-refractivity contribution in [2.75, 3.05) is 5.32 Å². The largest absolute Gasteiger partial charge is 0.458 e. The van der Waals surface area contributed by atoms with Gasteiger partial charge in [-0.25, -0.2) is 9.59 Å². The van der Waals surface area contributed by atoms with E-state index < -0.39 is 17.2 Å². The summed E-state index contributed by atoms with van der Waals surface area (Å²) in [6, 6.07) is 1.36. The summed E-state index contributed by atoms with van der Waals surface area (Å²) in [5.74, 6) is 0.219. The fourth-order valence-electron chi connectivity index (χ4n) is 2.83. The minimum atomic E-state index is -0.939. The van der Waals surface area contributed by atoms with E-state index in [1.54, 1.807) is 17.8 Å². The molecule has 0 spiro atoms. The number of anilines is 1. The summed E-state index contributed by atoms with van der Waals surface area (Å²) in [5, 5.41) is 9.76. The Hall–Kier alpha value is -2.05. The van der Waals surface area contributed by atoms with E-state index in [1.165, 1.54) is 0 Å². The molecule has 1 saturated carbocycles. The Bertz CT molecular complexity index is 595. The number of rotatable bonds is 3. The van der Waals surface area contributed by atoms with Gasteiger partial charge in [0.15, 0.2) is 0 Å². The highest BCUT2D eigenvalue weighted by Gasteiger charge is 2.45. The average Bonchev–Trinajstić information content (AvgIpc) is 2.96. The molecule has 1 aromatic rings. The van der Waals surface area contributed by atoms with Crippen molar-refractivity contribution in [3.63, 3.8) is 0 Å². The van der Waals surface area contributed by atoms with Gasteiger partial charge < -0.3 is 10.1 Å². The second-order valence-corrected chi connectivity index (χ2v) is 7.16. The first-order valence-corrected chi connectivity index (χ1v) is 7.95. The van der Waals surface area contributed by atoms with Gasteiger partial charge in [0.25, 0.3) is 0 Å². The van der Waals surface area contributed by atoms with Crippen LogP contribution in [0.3, 0.4) is 0 Å². The first kappa shape index (κ1) is 17.3. The Morgan fingerprint density at radius 1 is 1.30 bits per heavy atom. The Morgan fingerprint density at radius 3 is 2.39 bits per heavy atom. The summed E-state index contributed by atoms with van der Waals surface area (Å²) < 4.78 is 7.09. The van der Waals surface area contributed by atoms with Gasteiger partial charge in [-0.1, -0.05) is 12.8 Å². The van der Waals surface area contributed by atoms with Crippen LogP contribution < -0.4 is 10.6 Å². The lowest BCUT2D eigenvalue weighted by molar-refractivity contribution is -0.162. The molecule has 7 heteroatoms. The van der Waals surface area contributed by atoms with E-state index in [2.05, 4.69) is 15.7 Å². The zero-order valence-corrected chi connectivity index (χ0v) is 14.5. The third-order valence-corrected chi connectivity index (χ3v) is 3.84. The third kappa shape index (κ3) is 4.24. The van der Waals surface area contributed by atoms with Crippen LogP contribution in [0, 0.1) is 6.92 Å². The van der Waals surface area contributed by atoms with Gasteiger partial charge in [0.05, 0.1) is 5.69 Å². The molecule has 2 rings (SSSR count). The first-order valence-electron chi connectivity index (χ1n) is 7.95. The molecular formula is C16H26N4O3. The number of nitrogens with zero attached hydrogens (tertiary/aromatic N) is 2. The second kappa shape index (κ2) is 6.22. The van der Waals surface area contributed by atoms with E-state index in [4.69, 9.17) is 4.74 Å². The quantitative estimate of drug-likeness (QED) is 0.837. The molecule has 0 aromatic carbocycles. The highest BCUT2D eigenvalue weighted by Crippen LogP contribution is 2.32. The molecule has 2 N–H and O–H groups in total. The summed E-state index contributed by atoms with van der Waals surface area (Å²) in [7, 11) is 1.75. The molecule has 0 unspecified atom stereocenters. The topological polar surface area (TPSA) is 85.3 Å². The summed E-state index contributed by atoms with van der Waals surface area (Å²) in [4.78, 5) is 24.9. The highest BCUT2D eigenvalue weighted by molar-refractivity contribution is 5.94. The molecule has 1 fully saturated rings. The van der Waals surface area contributed by atoms with Crippen LogP contribution >= 0.6 is 0 Å². The Morgan fingerprint density at radius 2 is 1.91 bits per heavy atom. The van der Waals surface area contributed by atoms with Gasteiger partial charge in [-0.15, -0.1) is 0 Å². The van der Waals surface area contributed by atoms with Crippen LogP contribution in [0.15, 0.2) is 6.07 Å². The summed E-state index contributed by atoms with van der Waals surface area (Å²) in [6.07, 6.45) is 2.98. The second-order valence-electron chi connectivity index (χ2n) is 7.16. The first-order chi connectivity index (χ1) is 10.6. The number of aryl methyl sites for hydroxylation is 2. The number of carbonyl (C=O) groups excluding carboxylic acids is 2. The van der Waals surface area contributed by atoms with E-state index >= 15 is 0 Å². The molecule has 1 aliphatic rings. The van der Waals surface area contributed by atoms with Crippen molar-refractivity contribution in [3.8, 4) is 0 Å². The predicted molar refractivity (Wildman–Crippen MR) is 87.1 cm³/mol. The van der Waals surface area contributed by atoms with Gasteiger partial charge in [-0.3, -0.25) is 10.00 Å². The molecule has 0 saturated heterocycles. The number of urea groups is 1. The smallest absolute Gasteiger partial charge is 0.332 e. The van der Waals surface area contributed by atoms with Crippen LogP contribution in [0.1, 0.15) is 52.1 Å². The molecule has 1 aromatic heterocycles. The van der Waals surface area contributed by atoms with E-state index in [0.29, 0.717) is 18.7 Å². The molecule has 7 nitrogen and oxygen atoms in total. The number of esters is 1. The van der Waals surface area contributed by atoms with Crippen LogP contribution in [0.25, 0.3) is 0 Å². The van der Waals surface area contributed by atoms with Gasteiger partial charge in [0, 0.05) is 13.1 Å². The number of hydrogen-bond acceptors (Lipinski definition) is 4. The number of hydrogen-bond donors (Lipinski definition) is 2. The minimum Gasteiger partial charge on any atom is -0.458 e.